The number of rotatable bonds is 3. The minimum atomic E-state index is 0.246. The van der Waals surface area contributed by atoms with Crippen LogP contribution in [-0.2, 0) is 11.2 Å². The smallest absolute Gasteiger partial charge is 0.0628 e. The van der Waals surface area contributed by atoms with Gasteiger partial charge in [0.15, 0.2) is 0 Å². The van der Waals surface area contributed by atoms with Crippen LogP contribution in [0.4, 0.5) is 0 Å². The van der Waals surface area contributed by atoms with Gasteiger partial charge in [-0.15, -0.1) is 11.6 Å². The van der Waals surface area contributed by atoms with E-state index in [0.717, 1.165) is 26.1 Å². The van der Waals surface area contributed by atoms with Crippen molar-refractivity contribution < 1.29 is 4.74 Å². The molecule has 0 N–H and O–H groups in total. The molecule has 0 spiro atoms. The normalized spacial score (nSPS) is 29.8. The van der Waals surface area contributed by atoms with Gasteiger partial charge in [0, 0.05) is 24.1 Å². The molecule has 18 heavy (non-hydrogen) atoms. The van der Waals surface area contributed by atoms with Crippen molar-refractivity contribution >= 4 is 11.6 Å². The fourth-order valence-electron chi connectivity index (χ4n) is 3.08. The molecule has 100 valence electrons. The summed E-state index contributed by atoms with van der Waals surface area (Å²) in [7, 11) is 0. The summed E-state index contributed by atoms with van der Waals surface area (Å²) in [6, 6.07) is 2.78. The third kappa shape index (κ3) is 2.72. The SMILES string of the molecule is ClC1CCOCC1Cc1ccn(C2CCCC2)n1. The number of nitrogens with zero attached hydrogens (tertiary/aromatic N) is 2. The van der Waals surface area contributed by atoms with E-state index in [1.807, 2.05) is 0 Å². The highest BCUT2D eigenvalue weighted by Gasteiger charge is 2.25. The van der Waals surface area contributed by atoms with Crippen molar-refractivity contribution in [1.29, 1.82) is 0 Å². The summed E-state index contributed by atoms with van der Waals surface area (Å²) in [6.07, 6.45) is 9.32. The number of halogens is 1. The lowest BCUT2D eigenvalue weighted by Crippen LogP contribution is -2.29. The summed E-state index contributed by atoms with van der Waals surface area (Å²) >= 11 is 6.35. The lowest BCUT2D eigenvalue weighted by Gasteiger charge is -2.26. The molecule has 1 saturated carbocycles. The Morgan fingerprint density at radius 1 is 1.33 bits per heavy atom. The first-order valence-electron chi connectivity index (χ1n) is 7.09. The molecular weight excluding hydrogens is 248 g/mol. The molecular formula is C14H21ClN2O. The summed E-state index contributed by atoms with van der Waals surface area (Å²) in [5.41, 5.74) is 1.17. The van der Waals surface area contributed by atoms with Gasteiger partial charge in [-0.3, -0.25) is 4.68 Å². The lowest BCUT2D eigenvalue weighted by atomic mass is 9.96. The van der Waals surface area contributed by atoms with Gasteiger partial charge >= 0.3 is 0 Å². The fraction of sp³-hybridized carbons (Fsp3) is 0.786. The number of hydrogen-bond donors (Lipinski definition) is 0. The highest BCUT2D eigenvalue weighted by molar-refractivity contribution is 6.20. The average molecular weight is 269 g/mol. The van der Waals surface area contributed by atoms with E-state index in [2.05, 4.69) is 16.9 Å². The first kappa shape index (κ1) is 12.5. The van der Waals surface area contributed by atoms with E-state index in [-0.39, 0.29) is 5.38 Å². The molecule has 1 aromatic rings. The van der Waals surface area contributed by atoms with Crippen LogP contribution < -0.4 is 0 Å². The van der Waals surface area contributed by atoms with E-state index in [1.165, 1.54) is 31.4 Å². The van der Waals surface area contributed by atoms with E-state index < -0.39 is 0 Å². The maximum atomic E-state index is 6.35. The molecule has 0 aromatic carbocycles. The zero-order chi connectivity index (χ0) is 12.4. The maximum Gasteiger partial charge on any atom is 0.0628 e. The van der Waals surface area contributed by atoms with E-state index in [4.69, 9.17) is 21.4 Å². The number of alkyl halides is 1. The Hall–Kier alpha value is -0.540. The molecule has 1 saturated heterocycles. The van der Waals surface area contributed by atoms with E-state index in [9.17, 15) is 0 Å². The number of ether oxygens (including phenoxy) is 1. The number of hydrogen-bond acceptors (Lipinski definition) is 2. The Morgan fingerprint density at radius 2 is 2.17 bits per heavy atom. The fourth-order valence-corrected chi connectivity index (χ4v) is 3.34. The summed E-state index contributed by atoms with van der Waals surface area (Å²) in [6.45, 7) is 1.59. The Balaban J connectivity index is 1.62. The van der Waals surface area contributed by atoms with Gasteiger partial charge in [0.1, 0.15) is 0 Å². The highest BCUT2D eigenvalue weighted by Crippen LogP contribution is 2.29. The van der Waals surface area contributed by atoms with Gasteiger partial charge in [0.25, 0.3) is 0 Å². The van der Waals surface area contributed by atoms with Crippen LogP contribution in [0.3, 0.4) is 0 Å². The van der Waals surface area contributed by atoms with Gasteiger partial charge < -0.3 is 4.74 Å². The molecule has 3 rings (SSSR count). The molecule has 2 aliphatic rings. The summed E-state index contributed by atoms with van der Waals surface area (Å²) < 4.78 is 7.67. The van der Waals surface area contributed by atoms with Crippen LogP contribution in [0, 0.1) is 5.92 Å². The van der Waals surface area contributed by atoms with Crippen molar-refractivity contribution in [3.63, 3.8) is 0 Å². The zero-order valence-corrected chi connectivity index (χ0v) is 11.5. The van der Waals surface area contributed by atoms with Crippen LogP contribution in [0.25, 0.3) is 0 Å². The van der Waals surface area contributed by atoms with Crippen molar-refractivity contribution in [3.8, 4) is 0 Å². The van der Waals surface area contributed by atoms with Crippen LogP contribution in [-0.4, -0.2) is 28.4 Å². The minimum absolute atomic E-state index is 0.246. The molecule has 0 bridgehead atoms. The highest BCUT2D eigenvalue weighted by atomic mass is 35.5. The Kier molecular flexibility index (Phi) is 3.90. The summed E-state index contributed by atoms with van der Waals surface area (Å²) in [4.78, 5) is 0. The predicted octanol–water partition coefficient (Wildman–Crippen LogP) is 3.18. The van der Waals surface area contributed by atoms with Gasteiger partial charge in [-0.2, -0.15) is 5.10 Å². The molecule has 4 heteroatoms. The second-order valence-corrected chi connectivity index (χ2v) is 6.13. The number of aromatic nitrogens is 2. The van der Waals surface area contributed by atoms with Gasteiger partial charge in [0.05, 0.1) is 18.3 Å². The molecule has 2 fully saturated rings. The largest absolute Gasteiger partial charge is 0.381 e. The first-order valence-corrected chi connectivity index (χ1v) is 7.52. The van der Waals surface area contributed by atoms with Gasteiger partial charge in [0.2, 0.25) is 0 Å². The van der Waals surface area contributed by atoms with Crippen molar-refractivity contribution in [3.05, 3.63) is 18.0 Å². The first-order chi connectivity index (χ1) is 8.83. The topological polar surface area (TPSA) is 27.1 Å². The third-order valence-electron chi connectivity index (χ3n) is 4.22. The molecule has 0 radical (unpaired) electrons. The molecule has 3 nitrogen and oxygen atoms in total. The van der Waals surface area contributed by atoms with Crippen LogP contribution >= 0.6 is 11.6 Å². The van der Waals surface area contributed by atoms with Crippen molar-refractivity contribution in [2.24, 2.45) is 5.92 Å². The summed E-state index contributed by atoms with van der Waals surface area (Å²) in [5, 5.41) is 4.97. The summed E-state index contributed by atoms with van der Waals surface area (Å²) in [5.74, 6) is 0.423. The minimum Gasteiger partial charge on any atom is -0.381 e. The van der Waals surface area contributed by atoms with Gasteiger partial charge in [-0.05, 0) is 31.7 Å². The van der Waals surface area contributed by atoms with Crippen LogP contribution in [0.1, 0.15) is 43.8 Å². The average Bonchev–Trinajstić information content (AvgIpc) is 3.02. The maximum absolute atomic E-state index is 6.35. The predicted molar refractivity (Wildman–Crippen MR) is 72.0 cm³/mol. The Labute approximate surface area is 113 Å². The van der Waals surface area contributed by atoms with Crippen molar-refractivity contribution in [2.75, 3.05) is 13.2 Å². The van der Waals surface area contributed by atoms with Crippen LogP contribution in [0.2, 0.25) is 0 Å². The third-order valence-corrected chi connectivity index (χ3v) is 4.79. The van der Waals surface area contributed by atoms with E-state index >= 15 is 0 Å². The standard InChI is InChI=1S/C14H21ClN2O/c15-14-6-8-18-10-11(14)9-12-5-7-17(16-12)13-3-1-2-4-13/h5,7,11,13-14H,1-4,6,8-10H2. The molecule has 1 aliphatic heterocycles. The van der Waals surface area contributed by atoms with Crippen LogP contribution in [0.15, 0.2) is 12.3 Å². The Morgan fingerprint density at radius 3 is 2.94 bits per heavy atom. The molecule has 2 heterocycles. The lowest BCUT2D eigenvalue weighted by molar-refractivity contribution is 0.0574. The van der Waals surface area contributed by atoms with E-state index in [0.29, 0.717) is 12.0 Å². The second kappa shape index (κ2) is 5.62. The van der Waals surface area contributed by atoms with Crippen molar-refractivity contribution in [2.45, 2.75) is 49.9 Å². The van der Waals surface area contributed by atoms with E-state index in [1.54, 1.807) is 0 Å². The van der Waals surface area contributed by atoms with Crippen molar-refractivity contribution in [1.82, 2.24) is 9.78 Å². The molecule has 0 amide bonds. The van der Waals surface area contributed by atoms with Crippen LogP contribution in [0.5, 0.6) is 0 Å². The van der Waals surface area contributed by atoms with Gasteiger partial charge in [-0.25, -0.2) is 0 Å². The monoisotopic (exact) mass is 268 g/mol. The molecule has 1 aliphatic carbocycles. The van der Waals surface area contributed by atoms with Gasteiger partial charge in [-0.1, -0.05) is 12.8 Å². The zero-order valence-electron chi connectivity index (χ0n) is 10.7. The molecule has 2 atom stereocenters. The molecule has 1 aromatic heterocycles. The Bertz CT molecular complexity index is 387. The second-order valence-electron chi connectivity index (χ2n) is 5.57. The molecule has 2 unspecified atom stereocenters. The quantitative estimate of drug-likeness (QED) is 0.788.